The van der Waals surface area contributed by atoms with Crippen molar-refractivity contribution in [1.29, 1.82) is 0 Å². The molecule has 0 saturated carbocycles. The van der Waals surface area contributed by atoms with E-state index >= 15 is 0 Å². The Morgan fingerprint density at radius 1 is 1.32 bits per heavy atom. The summed E-state index contributed by atoms with van der Waals surface area (Å²) >= 11 is 5.46. The van der Waals surface area contributed by atoms with Crippen LogP contribution in [0.4, 0.5) is 0 Å². The van der Waals surface area contributed by atoms with Gasteiger partial charge in [-0.05, 0) is 24.6 Å². The fourth-order valence-corrected chi connectivity index (χ4v) is 1.58. The number of esters is 1. The summed E-state index contributed by atoms with van der Waals surface area (Å²) in [5.41, 5.74) is 0.525. The number of aliphatic hydroxyl groups is 2. The minimum Gasteiger partial charge on any atom is -0.482 e. The van der Waals surface area contributed by atoms with Crippen molar-refractivity contribution in [2.45, 2.75) is 19.1 Å². The summed E-state index contributed by atoms with van der Waals surface area (Å²) < 4.78 is 9.92. The molecule has 106 valence electrons. The molecule has 1 rings (SSSR count). The van der Waals surface area contributed by atoms with Crippen LogP contribution in [0.15, 0.2) is 24.3 Å². The lowest BCUT2D eigenvalue weighted by Gasteiger charge is -2.16. The van der Waals surface area contributed by atoms with E-state index in [2.05, 4.69) is 0 Å². The molecule has 0 aromatic heterocycles. The predicted octanol–water partition coefficient (Wildman–Crippen LogP) is 1.26. The zero-order chi connectivity index (χ0) is 14.3. The molecule has 0 spiro atoms. The van der Waals surface area contributed by atoms with Gasteiger partial charge in [-0.15, -0.1) is 11.6 Å². The first kappa shape index (κ1) is 15.8. The molecule has 2 N–H and O–H groups in total. The van der Waals surface area contributed by atoms with Crippen molar-refractivity contribution in [3.63, 3.8) is 0 Å². The predicted molar refractivity (Wildman–Crippen MR) is 70.3 cm³/mol. The van der Waals surface area contributed by atoms with Crippen LogP contribution in [0.5, 0.6) is 5.75 Å². The molecule has 6 heteroatoms. The molecule has 1 aromatic carbocycles. The van der Waals surface area contributed by atoms with E-state index in [9.17, 15) is 15.0 Å². The molecule has 0 heterocycles. The number of rotatable bonds is 7. The average Bonchev–Trinajstić information content (AvgIpc) is 2.44. The molecule has 0 aliphatic heterocycles. The van der Waals surface area contributed by atoms with Gasteiger partial charge in [0, 0.05) is 0 Å². The number of benzene rings is 1. The first-order valence-corrected chi connectivity index (χ1v) is 6.42. The van der Waals surface area contributed by atoms with Gasteiger partial charge < -0.3 is 19.7 Å². The Hall–Kier alpha value is -1.30. The molecular formula is C13H17ClO5. The van der Waals surface area contributed by atoms with E-state index in [1.54, 1.807) is 31.2 Å². The zero-order valence-electron chi connectivity index (χ0n) is 10.6. The average molecular weight is 289 g/mol. The van der Waals surface area contributed by atoms with Crippen molar-refractivity contribution in [3.8, 4) is 5.75 Å². The highest BCUT2D eigenvalue weighted by Gasteiger charge is 2.17. The molecule has 0 fully saturated rings. The topological polar surface area (TPSA) is 76.0 Å². The maximum atomic E-state index is 11.1. The van der Waals surface area contributed by atoms with Gasteiger partial charge in [0.25, 0.3) is 0 Å². The van der Waals surface area contributed by atoms with Gasteiger partial charge in [0.05, 0.1) is 18.6 Å². The molecule has 2 unspecified atom stereocenters. The van der Waals surface area contributed by atoms with Crippen LogP contribution in [0.1, 0.15) is 18.6 Å². The smallest absolute Gasteiger partial charge is 0.344 e. The molecule has 0 bridgehead atoms. The van der Waals surface area contributed by atoms with Crippen molar-refractivity contribution in [2.75, 3.05) is 19.1 Å². The lowest BCUT2D eigenvalue weighted by atomic mass is 10.1. The maximum absolute atomic E-state index is 11.1. The standard InChI is InChI=1S/C13H17ClO5/c1-2-18-12(16)8-19-10-5-3-9(4-6-10)13(17)11(15)7-14/h3-6,11,13,15,17H,2,7-8H2,1H3. The monoisotopic (exact) mass is 288 g/mol. The normalized spacial score (nSPS) is 13.7. The minimum absolute atomic E-state index is 0.0533. The molecule has 19 heavy (non-hydrogen) atoms. The molecule has 0 amide bonds. The van der Waals surface area contributed by atoms with Crippen LogP contribution in [0.3, 0.4) is 0 Å². The molecule has 0 saturated heterocycles. The number of alkyl halides is 1. The minimum atomic E-state index is -1.04. The van der Waals surface area contributed by atoms with Crippen molar-refractivity contribution in [2.24, 2.45) is 0 Å². The first-order chi connectivity index (χ1) is 9.08. The first-order valence-electron chi connectivity index (χ1n) is 5.89. The zero-order valence-corrected chi connectivity index (χ0v) is 11.3. The van der Waals surface area contributed by atoms with Gasteiger partial charge in [0.15, 0.2) is 6.61 Å². The number of aliphatic hydroxyl groups excluding tert-OH is 2. The molecule has 0 radical (unpaired) electrons. The van der Waals surface area contributed by atoms with Crippen LogP contribution in [0, 0.1) is 0 Å². The highest BCUT2D eigenvalue weighted by atomic mass is 35.5. The van der Waals surface area contributed by atoms with E-state index in [4.69, 9.17) is 21.1 Å². The Bertz CT molecular complexity index is 393. The van der Waals surface area contributed by atoms with Gasteiger partial charge in [-0.1, -0.05) is 12.1 Å². The van der Waals surface area contributed by atoms with Gasteiger partial charge in [-0.25, -0.2) is 4.79 Å². The van der Waals surface area contributed by atoms with E-state index in [-0.39, 0.29) is 12.5 Å². The van der Waals surface area contributed by atoms with Crippen LogP contribution < -0.4 is 4.74 Å². The SMILES string of the molecule is CCOC(=O)COc1ccc(C(O)C(O)CCl)cc1. The number of halogens is 1. The summed E-state index contributed by atoms with van der Waals surface area (Å²) in [6, 6.07) is 6.39. The summed E-state index contributed by atoms with van der Waals surface area (Å²) in [5.74, 6) is -0.0176. The fourth-order valence-electron chi connectivity index (χ4n) is 1.41. The Balaban J connectivity index is 2.54. The number of hydrogen-bond donors (Lipinski definition) is 2. The largest absolute Gasteiger partial charge is 0.482 e. The second-order valence-electron chi connectivity index (χ2n) is 3.83. The van der Waals surface area contributed by atoms with Crippen molar-refractivity contribution >= 4 is 17.6 Å². The van der Waals surface area contributed by atoms with Crippen LogP contribution in [-0.4, -0.2) is 41.4 Å². The molecule has 0 aliphatic rings. The summed E-state index contributed by atoms with van der Waals surface area (Å²) in [6.45, 7) is 1.86. The van der Waals surface area contributed by atoms with Crippen LogP contribution >= 0.6 is 11.6 Å². The quantitative estimate of drug-likeness (QED) is 0.583. The third kappa shape index (κ3) is 5.06. The third-order valence-electron chi connectivity index (χ3n) is 2.41. The summed E-state index contributed by atoms with van der Waals surface area (Å²) in [7, 11) is 0. The van der Waals surface area contributed by atoms with Gasteiger partial charge >= 0.3 is 5.97 Å². The lowest BCUT2D eigenvalue weighted by Crippen LogP contribution is -2.19. The number of carbonyl (C=O) groups is 1. The second-order valence-corrected chi connectivity index (χ2v) is 4.14. The summed E-state index contributed by atoms with van der Waals surface area (Å²) in [5, 5.41) is 19.1. The van der Waals surface area contributed by atoms with E-state index in [0.29, 0.717) is 17.9 Å². The molecule has 1 aromatic rings. The van der Waals surface area contributed by atoms with Crippen LogP contribution in [-0.2, 0) is 9.53 Å². The van der Waals surface area contributed by atoms with Gasteiger partial charge in [0.2, 0.25) is 0 Å². The summed E-state index contributed by atoms with van der Waals surface area (Å²) in [6.07, 6.45) is -2.07. The molecule has 5 nitrogen and oxygen atoms in total. The van der Waals surface area contributed by atoms with Gasteiger partial charge in [-0.2, -0.15) is 0 Å². The highest BCUT2D eigenvalue weighted by molar-refractivity contribution is 6.18. The third-order valence-corrected chi connectivity index (χ3v) is 2.72. The van der Waals surface area contributed by atoms with Gasteiger partial charge in [-0.3, -0.25) is 0 Å². The molecule has 0 aliphatic carbocycles. The van der Waals surface area contributed by atoms with Crippen LogP contribution in [0.25, 0.3) is 0 Å². The molecule has 2 atom stereocenters. The van der Waals surface area contributed by atoms with Gasteiger partial charge in [0.1, 0.15) is 11.9 Å². The Morgan fingerprint density at radius 3 is 2.47 bits per heavy atom. The van der Waals surface area contributed by atoms with E-state index in [0.717, 1.165) is 0 Å². The Labute approximate surface area is 116 Å². The highest BCUT2D eigenvalue weighted by Crippen LogP contribution is 2.21. The summed E-state index contributed by atoms with van der Waals surface area (Å²) in [4.78, 5) is 11.1. The van der Waals surface area contributed by atoms with E-state index in [1.807, 2.05) is 0 Å². The van der Waals surface area contributed by atoms with Crippen molar-refractivity contribution in [1.82, 2.24) is 0 Å². The van der Waals surface area contributed by atoms with Crippen molar-refractivity contribution < 1.29 is 24.5 Å². The molecular weight excluding hydrogens is 272 g/mol. The number of ether oxygens (including phenoxy) is 2. The fraction of sp³-hybridized carbons (Fsp3) is 0.462. The van der Waals surface area contributed by atoms with E-state index in [1.165, 1.54) is 0 Å². The van der Waals surface area contributed by atoms with Crippen molar-refractivity contribution in [3.05, 3.63) is 29.8 Å². The number of carbonyl (C=O) groups excluding carboxylic acids is 1. The lowest BCUT2D eigenvalue weighted by molar-refractivity contribution is -0.145. The number of hydrogen-bond acceptors (Lipinski definition) is 5. The second kappa shape index (κ2) is 7.99. The maximum Gasteiger partial charge on any atom is 0.344 e. The van der Waals surface area contributed by atoms with Crippen LogP contribution in [0.2, 0.25) is 0 Å². The van der Waals surface area contributed by atoms with E-state index < -0.39 is 18.2 Å². The Kier molecular flexibility index (Phi) is 6.62. The Morgan fingerprint density at radius 2 is 1.95 bits per heavy atom.